The minimum absolute atomic E-state index is 0.472. The van der Waals surface area contributed by atoms with Crippen LogP contribution in [0, 0.1) is 0 Å². The second-order valence-electron chi connectivity index (χ2n) is 4.01. The molecule has 0 amide bonds. The molecule has 0 heterocycles. The van der Waals surface area contributed by atoms with E-state index in [0.717, 1.165) is 18.2 Å². The third kappa shape index (κ3) is 3.58. The smallest absolute Gasteiger partial charge is 0.383 e. The number of alkyl halides is 3. The van der Waals surface area contributed by atoms with E-state index in [2.05, 4.69) is 0 Å². The minimum Gasteiger partial charge on any atom is -0.383 e. The molecule has 98 valence electrons. The lowest BCUT2D eigenvalue weighted by Gasteiger charge is -2.16. The number of carbonyl (C=O) groups excluding carboxylic acids is 2. The van der Waals surface area contributed by atoms with Crippen molar-refractivity contribution in [3.8, 4) is 0 Å². The fourth-order valence-corrected chi connectivity index (χ4v) is 1.40. The molecule has 0 spiro atoms. The van der Waals surface area contributed by atoms with Crippen LogP contribution < -0.4 is 0 Å². The Morgan fingerprint density at radius 2 is 1.94 bits per heavy atom. The van der Waals surface area contributed by atoms with Gasteiger partial charge in [0.05, 0.1) is 5.57 Å². The van der Waals surface area contributed by atoms with Crippen LogP contribution >= 0.6 is 0 Å². The third-order valence-electron chi connectivity index (χ3n) is 2.24. The van der Waals surface area contributed by atoms with Gasteiger partial charge in [0.15, 0.2) is 11.6 Å². The van der Waals surface area contributed by atoms with Gasteiger partial charge < -0.3 is 4.90 Å². The van der Waals surface area contributed by atoms with Gasteiger partial charge in [0.2, 0.25) is 0 Å². The van der Waals surface area contributed by atoms with Crippen molar-refractivity contribution in [3.05, 3.63) is 35.6 Å². The SMILES string of the molecule is CN(C)C=CC(=O)C1=C(C(F)(F)F)CC(=O)C=C1. The number of ketones is 2. The topological polar surface area (TPSA) is 37.4 Å². The van der Waals surface area contributed by atoms with Crippen molar-refractivity contribution in [2.45, 2.75) is 12.6 Å². The van der Waals surface area contributed by atoms with Crippen molar-refractivity contribution >= 4 is 11.6 Å². The molecule has 6 heteroatoms. The van der Waals surface area contributed by atoms with Crippen molar-refractivity contribution in [1.29, 1.82) is 0 Å². The van der Waals surface area contributed by atoms with Gasteiger partial charge in [0.25, 0.3) is 0 Å². The summed E-state index contributed by atoms with van der Waals surface area (Å²) in [5, 5.41) is 0. The quantitative estimate of drug-likeness (QED) is 0.728. The maximum absolute atomic E-state index is 12.7. The van der Waals surface area contributed by atoms with Crippen LogP contribution in [0.2, 0.25) is 0 Å². The summed E-state index contributed by atoms with van der Waals surface area (Å²) in [6.07, 6.45) is -1.13. The van der Waals surface area contributed by atoms with Crippen LogP contribution in [0.1, 0.15) is 6.42 Å². The van der Waals surface area contributed by atoms with Gasteiger partial charge in [-0.3, -0.25) is 9.59 Å². The molecular weight excluding hydrogens is 247 g/mol. The number of halogens is 3. The molecule has 0 bridgehead atoms. The Morgan fingerprint density at radius 3 is 2.44 bits per heavy atom. The molecule has 3 nitrogen and oxygen atoms in total. The van der Waals surface area contributed by atoms with E-state index in [1.165, 1.54) is 11.1 Å². The molecule has 0 fully saturated rings. The van der Waals surface area contributed by atoms with Gasteiger partial charge in [-0.25, -0.2) is 0 Å². The Bertz CT molecular complexity index is 456. The Hall–Kier alpha value is -1.85. The number of hydrogen-bond acceptors (Lipinski definition) is 3. The van der Waals surface area contributed by atoms with Crippen LogP contribution in [-0.2, 0) is 9.59 Å². The highest BCUT2D eigenvalue weighted by Crippen LogP contribution is 2.34. The Labute approximate surface area is 102 Å². The maximum Gasteiger partial charge on any atom is 0.413 e. The standard InChI is InChI=1S/C12H12F3NO2/c1-16(2)6-5-11(18)9-4-3-8(17)7-10(9)12(13,14)15/h3-6H,7H2,1-2H3. The molecule has 1 aliphatic carbocycles. The predicted molar refractivity (Wildman–Crippen MR) is 59.7 cm³/mol. The highest BCUT2D eigenvalue weighted by molar-refractivity contribution is 6.10. The summed E-state index contributed by atoms with van der Waals surface area (Å²) in [6.45, 7) is 0. The van der Waals surface area contributed by atoms with Crippen molar-refractivity contribution in [2.24, 2.45) is 0 Å². The molecule has 0 aromatic rings. The fourth-order valence-electron chi connectivity index (χ4n) is 1.40. The molecule has 0 atom stereocenters. The lowest BCUT2D eigenvalue weighted by molar-refractivity contribution is -0.120. The average molecular weight is 259 g/mol. The van der Waals surface area contributed by atoms with Crippen LogP contribution in [0.4, 0.5) is 13.2 Å². The Kier molecular flexibility index (Phi) is 4.11. The Morgan fingerprint density at radius 1 is 1.33 bits per heavy atom. The first kappa shape index (κ1) is 14.2. The second kappa shape index (κ2) is 5.20. The van der Waals surface area contributed by atoms with E-state index in [0.29, 0.717) is 0 Å². The molecule has 0 unspecified atom stereocenters. The van der Waals surface area contributed by atoms with Gasteiger partial charge in [-0.1, -0.05) is 0 Å². The highest BCUT2D eigenvalue weighted by Gasteiger charge is 2.39. The van der Waals surface area contributed by atoms with Gasteiger partial charge in [-0.05, 0) is 12.2 Å². The van der Waals surface area contributed by atoms with Gasteiger partial charge in [-0.2, -0.15) is 13.2 Å². The fraction of sp³-hybridized carbons (Fsp3) is 0.333. The van der Waals surface area contributed by atoms with Crippen molar-refractivity contribution in [2.75, 3.05) is 14.1 Å². The summed E-state index contributed by atoms with van der Waals surface area (Å²) in [7, 11) is 3.28. The maximum atomic E-state index is 12.7. The predicted octanol–water partition coefficient (Wildman–Crippen LogP) is 2.02. The molecule has 0 aromatic heterocycles. The van der Waals surface area contributed by atoms with Gasteiger partial charge >= 0.3 is 6.18 Å². The summed E-state index contributed by atoms with van der Waals surface area (Å²) in [6, 6.07) is 0. The summed E-state index contributed by atoms with van der Waals surface area (Å²) in [4.78, 5) is 24.2. The largest absolute Gasteiger partial charge is 0.413 e. The third-order valence-corrected chi connectivity index (χ3v) is 2.24. The van der Waals surface area contributed by atoms with Gasteiger partial charge in [-0.15, -0.1) is 0 Å². The van der Waals surface area contributed by atoms with E-state index < -0.39 is 35.3 Å². The molecule has 0 aliphatic heterocycles. The number of carbonyl (C=O) groups is 2. The van der Waals surface area contributed by atoms with E-state index in [1.807, 2.05) is 0 Å². The summed E-state index contributed by atoms with van der Waals surface area (Å²) < 4.78 is 38.1. The monoisotopic (exact) mass is 259 g/mol. The highest BCUT2D eigenvalue weighted by atomic mass is 19.4. The van der Waals surface area contributed by atoms with Crippen LogP contribution in [0.5, 0.6) is 0 Å². The van der Waals surface area contributed by atoms with Crippen LogP contribution in [-0.4, -0.2) is 36.7 Å². The van der Waals surface area contributed by atoms with E-state index in [1.54, 1.807) is 14.1 Å². The normalized spacial score (nSPS) is 16.6. The molecule has 0 aromatic carbocycles. The zero-order valence-electron chi connectivity index (χ0n) is 9.91. The molecule has 0 saturated carbocycles. The van der Waals surface area contributed by atoms with E-state index >= 15 is 0 Å². The molecule has 0 saturated heterocycles. The van der Waals surface area contributed by atoms with Crippen molar-refractivity contribution in [3.63, 3.8) is 0 Å². The summed E-state index contributed by atoms with van der Waals surface area (Å²) >= 11 is 0. The average Bonchev–Trinajstić information content (AvgIpc) is 2.24. The van der Waals surface area contributed by atoms with Gasteiger partial charge in [0, 0.05) is 38.4 Å². The summed E-state index contributed by atoms with van der Waals surface area (Å²) in [5.41, 5.74) is -1.55. The van der Waals surface area contributed by atoms with Crippen molar-refractivity contribution < 1.29 is 22.8 Å². The first-order valence-electron chi connectivity index (χ1n) is 5.12. The number of nitrogens with zero attached hydrogens (tertiary/aromatic N) is 1. The number of rotatable bonds is 3. The van der Waals surface area contributed by atoms with Crippen molar-refractivity contribution in [1.82, 2.24) is 4.90 Å². The first-order valence-corrected chi connectivity index (χ1v) is 5.12. The lowest BCUT2D eigenvalue weighted by Crippen LogP contribution is -2.22. The Balaban J connectivity index is 3.12. The number of allylic oxidation sites excluding steroid dienone is 5. The molecule has 1 rings (SSSR count). The first-order chi connectivity index (χ1) is 8.21. The molecular formula is C12H12F3NO2. The van der Waals surface area contributed by atoms with E-state index in [4.69, 9.17) is 0 Å². The zero-order valence-corrected chi connectivity index (χ0v) is 9.91. The lowest BCUT2D eigenvalue weighted by atomic mass is 9.93. The summed E-state index contributed by atoms with van der Waals surface area (Å²) in [5.74, 6) is -1.42. The number of hydrogen-bond donors (Lipinski definition) is 0. The molecule has 18 heavy (non-hydrogen) atoms. The van der Waals surface area contributed by atoms with Crippen LogP contribution in [0.25, 0.3) is 0 Å². The minimum atomic E-state index is -4.67. The molecule has 0 radical (unpaired) electrons. The molecule has 0 N–H and O–H groups in total. The van der Waals surface area contributed by atoms with Crippen LogP contribution in [0.3, 0.4) is 0 Å². The molecule has 1 aliphatic rings. The van der Waals surface area contributed by atoms with Crippen LogP contribution in [0.15, 0.2) is 35.6 Å². The second-order valence-corrected chi connectivity index (χ2v) is 4.01. The van der Waals surface area contributed by atoms with E-state index in [9.17, 15) is 22.8 Å². The van der Waals surface area contributed by atoms with Gasteiger partial charge in [0.1, 0.15) is 0 Å². The zero-order chi connectivity index (χ0) is 13.9. The van der Waals surface area contributed by atoms with E-state index in [-0.39, 0.29) is 0 Å².